The molecule has 0 aliphatic heterocycles. The summed E-state index contributed by atoms with van der Waals surface area (Å²) in [4.78, 5) is 4.08. The number of methoxy groups -OCH3 is 1. The standard InChI is InChI=1S/C14H20N4O/c1-11(15-9-14-16-10-17-18-14)3-4-12-5-7-13(19-2)8-6-12/h5-8,10-11,15H,3-4,9H2,1-2H3,(H,16,17,18). The Labute approximate surface area is 113 Å². The van der Waals surface area contributed by atoms with Gasteiger partial charge in [0.2, 0.25) is 0 Å². The van der Waals surface area contributed by atoms with Gasteiger partial charge in [-0.15, -0.1) is 0 Å². The van der Waals surface area contributed by atoms with E-state index in [-0.39, 0.29) is 0 Å². The molecule has 0 fully saturated rings. The zero-order valence-electron chi connectivity index (χ0n) is 11.4. The third-order valence-corrected chi connectivity index (χ3v) is 3.11. The topological polar surface area (TPSA) is 62.8 Å². The van der Waals surface area contributed by atoms with Crippen LogP contribution < -0.4 is 10.1 Å². The van der Waals surface area contributed by atoms with Gasteiger partial charge in [-0.1, -0.05) is 12.1 Å². The molecule has 102 valence electrons. The van der Waals surface area contributed by atoms with Crippen LogP contribution in [-0.4, -0.2) is 28.3 Å². The molecule has 0 radical (unpaired) electrons. The highest BCUT2D eigenvalue weighted by atomic mass is 16.5. The first-order valence-corrected chi connectivity index (χ1v) is 6.48. The summed E-state index contributed by atoms with van der Waals surface area (Å²) in [5.74, 6) is 1.77. The zero-order valence-corrected chi connectivity index (χ0v) is 11.4. The van der Waals surface area contributed by atoms with Crippen LogP contribution in [0.5, 0.6) is 5.75 Å². The molecule has 2 N–H and O–H groups in total. The molecule has 1 aromatic carbocycles. The van der Waals surface area contributed by atoms with E-state index in [0.717, 1.165) is 31.0 Å². The van der Waals surface area contributed by atoms with Crippen molar-refractivity contribution in [2.45, 2.75) is 32.4 Å². The third-order valence-electron chi connectivity index (χ3n) is 3.11. The van der Waals surface area contributed by atoms with Crippen molar-refractivity contribution in [3.8, 4) is 5.75 Å². The lowest BCUT2D eigenvalue weighted by atomic mass is 10.1. The van der Waals surface area contributed by atoms with E-state index in [1.807, 2.05) is 12.1 Å². The average molecular weight is 260 g/mol. The molecule has 0 aliphatic carbocycles. The van der Waals surface area contributed by atoms with Crippen LogP contribution in [0.15, 0.2) is 30.6 Å². The summed E-state index contributed by atoms with van der Waals surface area (Å²) in [6, 6.07) is 8.67. The molecule has 1 heterocycles. The molecule has 5 nitrogen and oxygen atoms in total. The number of aromatic amines is 1. The predicted molar refractivity (Wildman–Crippen MR) is 74.0 cm³/mol. The number of rotatable bonds is 7. The number of H-pyrrole nitrogens is 1. The van der Waals surface area contributed by atoms with Crippen molar-refractivity contribution in [1.82, 2.24) is 20.5 Å². The predicted octanol–water partition coefficient (Wildman–Crippen LogP) is 1.92. The van der Waals surface area contributed by atoms with Gasteiger partial charge >= 0.3 is 0 Å². The summed E-state index contributed by atoms with van der Waals surface area (Å²) in [5.41, 5.74) is 1.33. The Morgan fingerprint density at radius 2 is 2.11 bits per heavy atom. The van der Waals surface area contributed by atoms with Crippen LogP contribution in [-0.2, 0) is 13.0 Å². The van der Waals surface area contributed by atoms with Gasteiger partial charge in [0, 0.05) is 6.04 Å². The maximum Gasteiger partial charge on any atom is 0.138 e. The highest BCUT2D eigenvalue weighted by Gasteiger charge is 2.04. The smallest absolute Gasteiger partial charge is 0.138 e. The lowest BCUT2D eigenvalue weighted by Gasteiger charge is -2.12. The molecule has 1 unspecified atom stereocenters. The second-order valence-electron chi connectivity index (χ2n) is 4.60. The number of hydrogen-bond acceptors (Lipinski definition) is 4. The van der Waals surface area contributed by atoms with Crippen LogP contribution in [0.25, 0.3) is 0 Å². The van der Waals surface area contributed by atoms with E-state index in [1.54, 1.807) is 7.11 Å². The second kappa shape index (κ2) is 6.89. The Kier molecular flexibility index (Phi) is 4.92. The van der Waals surface area contributed by atoms with E-state index in [4.69, 9.17) is 4.74 Å². The summed E-state index contributed by atoms with van der Waals surface area (Å²) in [6.45, 7) is 2.91. The molecule has 2 rings (SSSR count). The van der Waals surface area contributed by atoms with Crippen LogP contribution in [0.3, 0.4) is 0 Å². The molecule has 1 atom stereocenters. The molecule has 1 aromatic heterocycles. The zero-order chi connectivity index (χ0) is 13.5. The molecular formula is C14H20N4O. The Hall–Kier alpha value is -1.88. The molecule has 5 heteroatoms. The number of hydrogen-bond donors (Lipinski definition) is 2. The van der Waals surface area contributed by atoms with Gasteiger partial charge in [0.05, 0.1) is 13.7 Å². The highest BCUT2D eigenvalue weighted by Crippen LogP contribution is 2.13. The lowest BCUT2D eigenvalue weighted by Crippen LogP contribution is -2.26. The van der Waals surface area contributed by atoms with E-state index in [0.29, 0.717) is 6.04 Å². The molecular weight excluding hydrogens is 240 g/mol. The Morgan fingerprint density at radius 3 is 2.74 bits per heavy atom. The van der Waals surface area contributed by atoms with Crippen molar-refractivity contribution in [3.63, 3.8) is 0 Å². The number of nitrogens with zero attached hydrogens (tertiary/aromatic N) is 2. The van der Waals surface area contributed by atoms with Gasteiger partial charge in [0.1, 0.15) is 17.9 Å². The molecule has 19 heavy (non-hydrogen) atoms. The van der Waals surface area contributed by atoms with Crippen molar-refractivity contribution in [1.29, 1.82) is 0 Å². The average Bonchev–Trinajstić information content (AvgIpc) is 2.96. The van der Waals surface area contributed by atoms with Crippen LogP contribution >= 0.6 is 0 Å². The van der Waals surface area contributed by atoms with Gasteiger partial charge in [-0.05, 0) is 37.5 Å². The molecule has 0 amide bonds. The SMILES string of the molecule is COc1ccc(CCC(C)NCc2ncn[nH]2)cc1. The minimum absolute atomic E-state index is 0.437. The second-order valence-corrected chi connectivity index (χ2v) is 4.60. The maximum absolute atomic E-state index is 5.15. The van der Waals surface area contributed by atoms with E-state index in [9.17, 15) is 0 Å². The van der Waals surface area contributed by atoms with E-state index < -0.39 is 0 Å². The van der Waals surface area contributed by atoms with Gasteiger partial charge in [-0.2, -0.15) is 5.10 Å². The molecule has 0 saturated heterocycles. The lowest BCUT2D eigenvalue weighted by molar-refractivity contribution is 0.414. The minimum Gasteiger partial charge on any atom is -0.497 e. The largest absolute Gasteiger partial charge is 0.497 e. The summed E-state index contributed by atoms with van der Waals surface area (Å²) < 4.78 is 5.15. The van der Waals surface area contributed by atoms with E-state index >= 15 is 0 Å². The van der Waals surface area contributed by atoms with Crippen LogP contribution in [0.2, 0.25) is 0 Å². The van der Waals surface area contributed by atoms with Crippen molar-refractivity contribution in [3.05, 3.63) is 42.0 Å². The summed E-state index contributed by atoms with van der Waals surface area (Å²) in [5, 5.41) is 10.1. The highest BCUT2D eigenvalue weighted by molar-refractivity contribution is 5.27. The quantitative estimate of drug-likeness (QED) is 0.798. The number of benzene rings is 1. The number of nitrogens with one attached hydrogen (secondary N) is 2. The van der Waals surface area contributed by atoms with Crippen molar-refractivity contribution in [2.24, 2.45) is 0 Å². The monoisotopic (exact) mass is 260 g/mol. The van der Waals surface area contributed by atoms with E-state index in [1.165, 1.54) is 11.9 Å². The Balaban J connectivity index is 1.71. The summed E-state index contributed by atoms with van der Waals surface area (Å²) in [7, 11) is 1.69. The number of aryl methyl sites for hydroxylation is 1. The van der Waals surface area contributed by atoms with Gasteiger partial charge in [-0.25, -0.2) is 4.98 Å². The molecule has 0 aliphatic rings. The van der Waals surface area contributed by atoms with Crippen molar-refractivity contribution in [2.75, 3.05) is 7.11 Å². The molecule has 0 saturated carbocycles. The van der Waals surface area contributed by atoms with Gasteiger partial charge in [0.15, 0.2) is 0 Å². The first-order valence-electron chi connectivity index (χ1n) is 6.48. The third kappa shape index (κ3) is 4.37. The normalized spacial score (nSPS) is 12.3. The van der Waals surface area contributed by atoms with Crippen molar-refractivity contribution < 1.29 is 4.74 Å². The van der Waals surface area contributed by atoms with Crippen LogP contribution in [0.1, 0.15) is 24.7 Å². The summed E-state index contributed by atoms with van der Waals surface area (Å²) >= 11 is 0. The van der Waals surface area contributed by atoms with Gasteiger partial charge in [-0.3, -0.25) is 5.10 Å². The maximum atomic E-state index is 5.15. The summed E-state index contributed by atoms with van der Waals surface area (Å²) in [6.07, 6.45) is 3.66. The van der Waals surface area contributed by atoms with E-state index in [2.05, 4.69) is 39.6 Å². The first kappa shape index (κ1) is 13.5. The number of ether oxygens (including phenoxy) is 1. The number of aromatic nitrogens is 3. The fourth-order valence-corrected chi connectivity index (χ4v) is 1.86. The fraction of sp³-hybridized carbons (Fsp3) is 0.429. The Bertz CT molecular complexity index is 467. The molecule has 2 aromatic rings. The first-order chi connectivity index (χ1) is 9.28. The van der Waals surface area contributed by atoms with Crippen molar-refractivity contribution >= 4 is 0 Å². The van der Waals surface area contributed by atoms with Crippen LogP contribution in [0.4, 0.5) is 0 Å². The van der Waals surface area contributed by atoms with Gasteiger partial charge in [0.25, 0.3) is 0 Å². The van der Waals surface area contributed by atoms with Crippen LogP contribution in [0, 0.1) is 0 Å². The molecule has 0 bridgehead atoms. The minimum atomic E-state index is 0.437. The molecule has 0 spiro atoms. The fourth-order valence-electron chi connectivity index (χ4n) is 1.86. The van der Waals surface area contributed by atoms with Gasteiger partial charge < -0.3 is 10.1 Å². The Morgan fingerprint density at radius 1 is 1.32 bits per heavy atom.